The van der Waals surface area contributed by atoms with Crippen LogP contribution >= 0.6 is 0 Å². The third-order valence-corrected chi connectivity index (χ3v) is 3.71. The Labute approximate surface area is 101 Å². The summed E-state index contributed by atoms with van der Waals surface area (Å²) in [6.45, 7) is 0. The maximum Gasteiger partial charge on any atom is 0.0566 e. The quantitative estimate of drug-likeness (QED) is 0.651. The van der Waals surface area contributed by atoms with Gasteiger partial charge in [-0.05, 0) is 29.7 Å². The molecule has 2 aliphatic rings. The summed E-state index contributed by atoms with van der Waals surface area (Å²) >= 11 is 0. The molecule has 17 heavy (non-hydrogen) atoms. The van der Waals surface area contributed by atoms with Crippen molar-refractivity contribution >= 4 is 17.5 Å². The molecule has 1 atom stereocenters. The summed E-state index contributed by atoms with van der Waals surface area (Å²) in [7, 11) is 0. The van der Waals surface area contributed by atoms with E-state index in [0.29, 0.717) is 6.04 Å². The third-order valence-electron chi connectivity index (χ3n) is 3.71. The maximum absolute atomic E-state index is 2.46. The third kappa shape index (κ3) is 1.19. The van der Waals surface area contributed by atoms with E-state index in [1.54, 1.807) is 0 Å². The van der Waals surface area contributed by atoms with Crippen LogP contribution in [0.25, 0.3) is 6.08 Å². The summed E-state index contributed by atoms with van der Waals surface area (Å²) in [4.78, 5) is 2.46. The first kappa shape index (κ1) is 9.06. The minimum absolute atomic E-state index is 0.502. The van der Waals surface area contributed by atoms with Crippen molar-refractivity contribution < 1.29 is 0 Å². The van der Waals surface area contributed by atoms with Gasteiger partial charge in [-0.1, -0.05) is 48.6 Å². The van der Waals surface area contributed by atoms with Gasteiger partial charge in [-0.25, -0.2) is 0 Å². The second kappa shape index (κ2) is 3.24. The summed E-state index contributed by atoms with van der Waals surface area (Å²) in [5.41, 5.74) is 5.48. The van der Waals surface area contributed by atoms with E-state index in [9.17, 15) is 0 Å². The van der Waals surface area contributed by atoms with E-state index < -0.39 is 0 Å². The summed E-state index contributed by atoms with van der Waals surface area (Å²) in [5, 5.41) is 0. The van der Waals surface area contributed by atoms with Crippen LogP contribution in [0.2, 0.25) is 0 Å². The molecule has 2 aromatic carbocycles. The van der Waals surface area contributed by atoms with Crippen molar-refractivity contribution in [2.75, 3.05) is 4.90 Å². The van der Waals surface area contributed by atoms with Crippen LogP contribution in [0.3, 0.4) is 0 Å². The predicted octanol–water partition coefficient (Wildman–Crippen LogP) is 3.78. The first-order chi connectivity index (χ1) is 8.43. The van der Waals surface area contributed by atoms with Gasteiger partial charge in [0, 0.05) is 11.4 Å². The van der Waals surface area contributed by atoms with Crippen LogP contribution in [0.5, 0.6) is 0 Å². The van der Waals surface area contributed by atoms with Crippen molar-refractivity contribution in [1.82, 2.24) is 0 Å². The van der Waals surface area contributed by atoms with Gasteiger partial charge in [0.25, 0.3) is 0 Å². The molecule has 0 saturated carbocycles. The molecule has 0 saturated heterocycles. The average Bonchev–Trinajstić information content (AvgIpc) is 2.77. The Balaban J connectivity index is 1.96. The van der Waals surface area contributed by atoms with Crippen molar-refractivity contribution in [1.29, 1.82) is 0 Å². The molecule has 0 bridgehead atoms. The molecule has 1 unspecified atom stereocenters. The summed E-state index contributed by atoms with van der Waals surface area (Å²) in [6.07, 6.45) is 5.70. The number of nitrogens with zero attached hydrogens (tertiary/aromatic N) is 1. The average molecular weight is 219 g/mol. The van der Waals surface area contributed by atoms with Crippen LogP contribution in [0, 0.1) is 0 Å². The monoisotopic (exact) mass is 219 g/mol. The lowest BCUT2D eigenvalue weighted by atomic mass is 10.0. The van der Waals surface area contributed by atoms with Gasteiger partial charge < -0.3 is 4.90 Å². The molecule has 2 heterocycles. The molecule has 82 valence electrons. The van der Waals surface area contributed by atoms with Crippen LogP contribution in [0.1, 0.15) is 11.1 Å². The highest BCUT2D eigenvalue weighted by Crippen LogP contribution is 2.42. The largest absolute Gasteiger partial charge is 0.333 e. The number of fused-ring (bicyclic) bond motifs is 5. The van der Waals surface area contributed by atoms with Crippen LogP contribution in [-0.4, -0.2) is 6.04 Å². The highest BCUT2D eigenvalue weighted by atomic mass is 15.2. The predicted molar refractivity (Wildman–Crippen MR) is 71.5 cm³/mol. The molecule has 0 N–H and O–H groups in total. The molecule has 2 aliphatic heterocycles. The van der Waals surface area contributed by atoms with Crippen molar-refractivity contribution in [2.24, 2.45) is 0 Å². The van der Waals surface area contributed by atoms with E-state index in [4.69, 9.17) is 0 Å². The molecule has 0 aliphatic carbocycles. The fourth-order valence-corrected chi connectivity index (χ4v) is 2.94. The molecule has 0 spiro atoms. The summed E-state index contributed by atoms with van der Waals surface area (Å²) < 4.78 is 0. The Morgan fingerprint density at radius 3 is 2.59 bits per heavy atom. The topological polar surface area (TPSA) is 3.24 Å². The first-order valence-electron chi connectivity index (χ1n) is 6.08. The summed E-state index contributed by atoms with van der Waals surface area (Å²) in [5.74, 6) is 0. The number of hydrogen-bond donors (Lipinski definition) is 0. The van der Waals surface area contributed by atoms with E-state index >= 15 is 0 Å². The minimum Gasteiger partial charge on any atom is -0.333 e. The number of para-hydroxylation sites is 2. The van der Waals surface area contributed by atoms with Crippen LogP contribution < -0.4 is 4.90 Å². The number of benzene rings is 2. The van der Waals surface area contributed by atoms with Crippen LogP contribution in [-0.2, 0) is 6.42 Å². The zero-order valence-corrected chi connectivity index (χ0v) is 9.51. The molecule has 1 heteroatoms. The molecular weight excluding hydrogens is 206 g/mol. The van der Waals surface area contributed by atoms with Crippen LogP contribution in [0.15, 0.2) is 54.6 Å². The van der Waals surface area contributed by atoms with E-state index in [-0.39, 0.29) is 0 Å². The second-order valence-corrected chi connectivity index (χ2v) is 4.69. The molecule has 4 rings (SSSR count). The maximum atomic E-state index is 2.46. The highest BCUT2D eigenvalue weighted by Gasteiger charge is 2.31. The van der Waals surface area contributed by atoms with E-state index in [1.165, 1.54) is 22.5 Å². The standard InChI is InChI=1S/C16H13N/c1-3-7-15-12(5-1)9-10-14-11-13-6-2-4-8-16(13)17(14)15/h1-10,14H,11H2. The smallest absolute Gasteiger partial charge is 0.0566 e. The SMILES string of the molecule is C1=CC2Cc3ccccc3N2c2ccccc21. The van der Waals surface area contributed by atoms with Gasteiger partial charge in [0.2, 0.25) is 0 Å². The van der Waals surface area contributed by atoms with Crippen molar-refractivity contribution in [2.45, 2.75) is 12.5 Å². The number of anilines is 2. The second-order valence-electron chi connectivity index (χ2n) is 4.69. The molecule has 0 amide bonds. The van der Waals surface area contributed by atoms with Crippen molar-refractivity contribution in [3.63, 3.8) is 0 Å². The van der Waals surface area contributed by atoms with Crippen molar-refractivity contribution in [3.05, 3.63) is 65.7 Å². The molecular formula is C16H13N. The van der Waals surface area contributed by atoms with Gasteiger partial charge >= 0.3 is 0 Å². The van der Waals surface area contributed by atoms with E-state index in [0.717, 1.165) is 6.42 Å². The van der Waals surface area contributed by atoms with E-state index in [1.807, 2.05) is 0 Å². The van der Waals surface area contributed by atoms with Gasteiger partial charge in [-0.3, -0.25) is 0 Å². The van der Waals surface area contributed by atoms with Gasteiger partial charge in [0.05, 0.1) is 6.04 Å². The summed E-state index contributed by atoms with van der Waals surface area (Å²) in [6, 6.07) is 17.9. The normalized spacial score (nSPS) is 19.8. The molecule has 0 radical (unpaired) electrons. The lowest BCUT2D eigenvalue weighted by Gasteiger charge is -2.30. The van der Waals surface area contributed by atoms with Gasteiger partial charge in [-0.2, -0.15) is 0 Å². The zero-order chi connectivity index (χ0) is 11.2. The molecule has 0 fully saturated rings. The Morgan fingerprint density at radius 2 is 1.65 bits per heavy atom. The highest BCUT2D eigenvalue weighted by molar-refractivity contribution is 5.82. The van der Waals surface area contributed by atoms with Gasteiger partial charge in [0.1, 0.15) is 0 Å². The lowest BCUT2D eigenvalue weighted by Crippen LogP contribution is -2.27. The molecule has 1 nitrogen and oxygen atoms in total. The fourth-order valence-electron chi connectivity index (χ4n) is 2.94. The zero-order valence-electron chi connectivity index (χ0n) is 9.51. The van der Waals surface area contributed by atoms with Crippen LogP contribution in [0.4, 0.5) is 11.4 Å². The lowest BCUT2D eigenvalue weighted by molar-refractivity contribution is 0.829. The minimum atomic E-state index is 0.502. The Bertz CT molecular complexity index is 612. The Morgan fingerprint density at radius 1 is 0.882 bits per heavy atom. The van der Waals surface area contributed by atoms with Gasteiger partial charge in [-0.15, -0.1) is 0 Å². The Hall–Kier alpha value is -2.02. The van der Waals surface area contributed by atoms with E-state index in [2.05, 4.69) is 65.6 Å². The molecule has 2 aromatic rings. The Kier molecular flexibility index (Phi) is 1.72. The first-order valence-corrected chi connectivity index (χ1v) is 6.08. The number of rotatable bonds is 0. The fraction of sp³-hybridized carbons (Fsp3) is 0.125. The molecule has 0 aromatic heterocycles. The van der Waals surface area contributed by atoms with Gasteiger partial charge in [0.15, 0.2) is 0 Å². The van der Waals surface area contributed by atoms with Crippen molar-refractivity contribution in [3.8, 4) is 0 Å². The number of hydrogen-bond acceptors (Lipinski definition) is 1.